The molecule has 3 rings (SSSR count). The van der Waals surface area contributed by atoms with Gasteiger partial charge in [0.2, 0.25) is 0 Å². The number of halogens is 1. The van der Waals surface area contributed by atoms with E-state index in [2.05, 4.69) is 43.3 Å². The average molecular weight is 385 g/mol. The van der Waals surface area contributed by atoms with Crippen LogP contribution in [-0.2, 0) is 6.42 Å². The molecule has 0 saturated heterocycles. The van der Waals surface area contributed by atoms with Gasteiger partial charge in [-0.25, -0.2) is 0 Å². The Balaban J connectivity index is 1.31. The monoisotopic (exact) mass is 384 g/mol. The molecule has 156 valence electrons. The first-order valence-electron chi connectivity index (χ1n) is 12.1. The van der Waals surface area contributed by atoms with Gasteiger partial charge < -0.3 is 0 Å². The summed E-state index contributed by atoms with van der Waals surface area (Å²) >= 11 is 0. The maximum absolute atomic E-state index is 12.2. The second-order valence-corrected chi connectivity index (χ2v) is 9.43. The Morgan fingerprint density at radius 2 is 1.46 bits per heavy atom. The van der Waals surface area contributed by atoms with E-state index in [4.69, 9.17) is 0 Å². The second kappa shape index (κ2) is 11.8. The van der Waals surface area contributed by atoms with Crippen molar-refractivity contribution in [3.63, 3.8) is 0 Å². The van der Waals surface area contributed by atoms with Gasteiger partial charge in [-0.1, -0.05) is 56.2 Å². The molecule has 0 radical (unpaired) electrons. The van der Waals surface area contributed by atoms with Gasteiger partial charge >= 0.3 is 0 Å². The summed E-state index contributed by atoms with van der Waals surface area (Å²) in [6.07, 6.45) is 21.5. The van der Waals surface area contributed by atoms with Gasteiger partial charge in [0.15, 0.2) is 0 Å². The molecule has 0 amide bonds. The Labute approximate surface area is 173 Å². The Bertz CT molecular complexity index is 556. The van der Waals surface area contributed by atoms with Gasteiger partial charge in [-0.05, 0) is 105 Å². The van der Waals surface area contributed by atoms with E-state index in [1.165, 1.54) is 69.8 Å². The van der Waals surface area contributed by atoms with Gasteiger partial charge in [-0.15, -0.1) is 0 Å². The third-order valence-electron chi connectivity index (χ3n) is 7.49. The number of alkyl halides is 1. The number of benzene rings is 1. The van der Waals surface area contributed by atoms with Crippen LogP contribution in [0.1, 0.15) is 101 Å². The van der Waals surface area contributed by atoms with Crippen molar-refractivity contribution < 1.29 is 4.39 Å². The van der Waals surface area contributed by atoms with E-state index < -0.39 is 0 Å². The molecule has 0 heterocycles. The molecule has 0 nitrogen and oxygen atoms in total. The van der Waals surface area contributed by atoms with Crippen molar-refractivity contribution in [3.05, 3.63) is 47.5 Å². The Morgan fingerprint density at radius 3 is 2.04 bits per heavy atom. The van der Waals surface area contributed by atoms with Crippen molar-refractivity contribution in [1.29, 1.82) is 0 Å². The van der Waals surface area contributed by atoms with E-state index in [1.54, 1.807) is 5.56 Å². The first-order valence-corrected chi connectivity index (χ1v) is 12.1. The van der Waals surface area contributed by atoms with E-state index in [9.17, 15) is 4.39 Å². The number of allylic oxidation sites excluding steroid dienone is 2. The summed E-state index contributed by atoms with van der Waals surface area (Å²) in [7, 11) is 0. The van der Waals surface area contributed by atoms with Gasteiger partial charge in [-0.2, -0.15) is 0 Å². The zero-order chi connectivity index (χ0) is 19.6. The first kappa shape index (κ1) is 21.6. The summed E-state index contributed by atoms with van der Waals surface area (Å²) in [6, 6.07) is 9.42. The Morgan fingerprint density at radius 1 is 0.857 bits per heavy atom. The van der Waals surface area contributed by atoms with Crippen LogP contribution >= 0.6 is 0 Å². The van der Waals surface area contributed by atoms with Crippen LogP contribution in [0.3, 0.4) is 0 Å². The smallest absolute Gasteiger partial charge is 0.0897 e. The number of hydrogen-bond donors (Lipinski definition) is 0. The standard InChI is InChI=1S/C27H41F/c1-2-22-13-17-26(18-14-22)27-19-15-25(16-20-27)12-11-24-9-7-23(8-10-24)6-4-3-5-21-28/h4,6,13-14,17-18,23-25,27H,2-3,5,7-12,15-16,19-21H2,1H3/t23-,24-,25-,27-. The van der Waals surface area contributed by atoms with Crippen molar-refractivity contribution in [3.8, 4) is 0 Å². The van der Waals surface area contributed by atoms with E-state index in [0.29, 0.717) is 6.42 Å². The van der Waals surface area contributed by atoms with Crippen molar-refractivity contribution in [2.45, 2.75) is 96.3 Å². The van der Waals surface area contributed by atoms with Crippen LogP contribution in [-0.4, -0.2) is 6.67 Å². The summed E-state index contributed by atoms with van der Waals surface area (Å²) in [5, 5.41) is 0. The van der Waals surface area contributed by atoms with E-state index in [-0.39, 0.29) is 6.67 Å². The average Bonchev–Trinajstić information content (AvgIpc) is 2.76. The zero-order valence-corrected chi connectivity index (χ0v) is 18.1. The molecule has 0 aliphatic heterocycles. The minimum absolute atomic E-state index is 0.176. The third kappa shape index (κ3) is 6.75. The predicted octanol–water partition coefficient (Wildman–Crippen LogP) is 8.42. The molecule has 0 atom stereocenters. The molecule has 0 aromatic heterocycles. The van der Waals surface area contributed by atoms with E-state index in [0.717, 1.165) is 36.5 Å². The molecule has 2 fully saturated rings. The lowest BCUT2D eigenvalue weighted by atomic mass is 9.74. The van der Waals surface area contributed by atoms with E-state index >= 15 is 0 Å². The van der Waals surface area contributed by atoms with Crippen molar-refractivity contribution in [2.24, 2.45) is 17.8 Å². The molecule has 28 heavy (non-hydrogen) atoms. The van der Waals surface area contributed by atoms with Crippen molar-refractivity contribution >= 4 is 0 Å². The molecule has 1 aromatic carbocycles. The van der Waals surface area contributed by atoms with Crippen molar-refractivity contribution in [2.75, 3.05) is 6.67 Å². The number of unbranched alkanes of at least 4 members (excludes halogenated alkanes) is 1. The summed E-state index contributed by atoms with van der Waals surface area (Å²) in [4.78, 5) is 0. The number of aryl methyl sites for hydroxylation is 1. The highest BCUT2D eigenvalue weighted by Crippen LogP contribution is 2.40. The minimum Gasteiger partial charge on any atom is -0.251 e. The Kier molecular flexibility index (Phi) is 9.09. The van der Waals surface area contributed by atoms with Crippen LogP contribution in [0, 0.1) is 17.8 Å². The van der Waals surface area contributed by atoms with Gasteiger partial charge in [0.25, 0.3) is 0 Å². The largest absolute Gasteiger partial charge is 0.251 e. The van der Waals surface area contributed by atoms with Gasteiger partial charge in [-0.3, -0.25) is 4.39 Å². The van der Waals surface area contributed by atoms with E-state index in [1.807, 2.05) is 0 Å². The molecule has 0 bridgehead atoms. The number of rotatable bonds is 9. The van der Waals surface area contributed by atoms with Crippen LogP contribution in [0.15, 0.2) is 36.4 Å². The quantitative estimate of drug-likeness (QED) is 0.296. The highest BCUT2D eigenvalue weighted by Gasteiger charge is 2.24. The zero-order valence-electron chi connectivity index (χ0n) is 18.1. The first-order chi connectivity index (χ1) is 13.8. The lowest BCUT2D eigenvalue weighted by Gasteiger charge is -2.31. The Hall–Kier alpha value is -1.11. The summed E-state index contributed by atoms with van der Waals surface area (Å²) < 4.78 is 12.2. The maximum atomic E-state index is 12.2. The normalized spacial score (nSPS) is 28.6. The lowest BCUT2D eigenvalue weighted by molar-refractivity contribution is 0.246. The summed E-state index contributed by atoms with van der Waals surface area (Å²) in [6.45, 7) is 2.06. The molecular formula is C27H41F. The van der Waals surface area contributed by atoms with Gasteiger partial charge in [0.05, 0.1) is 6.67 Å². The van der Waals surface area contributed by atoms with Crippen LogP contribution in [0.25, 0.3) is 0 Å². The molecule has 2 saturated carbocycles. The fourth-order valence-corrected chi connectivity index (χ4v) is 5.43. The van der Waals surface area contributed by atoms with Crippen molar-refractivity contribution in [1.82, 2.24) is 0 Å². The predicted molar refractivity (Wildman–Crippen MR) is 120 cm³/mol. The summed E-state index contributed by atoms with van der Waals surface area (Å²) in [5.41, 5.74) is 3.04. The van der Waals surface area contributed by atoms with Crippen LogP contribution in [0.2, 0.25) is 0 Å². The summed E-state index contributed by atoms with van der Waals surface area (Å²) in [5.74, 6) is 3.52. The minimum atomic E-state index is -0.176. The highest BCUT2D eigenvalue weighted by molar-refractivity contribution is 5.25. The van der Waals surface area contributed by atoms with Crippen LogP contribution in [0.4, 0.5) is 4.39 Å². The van der Waals surface area contributed by atoms with Crippen LogP contribution < -0.4 is 0 Å². The maximum Gasteiger partial charge on any atom is 0.0897 e. The van der Waals surface area contributed by atoms with Gasteiger partial charge in [0.1, 0.15) is 0 Å². The lowest BCUT2D eigenvalue weighted by Crippen LogP contribution is -2.17. The number of hydrogen-bond acceptors (Lipinski definition) is 0. The molecule has 2 aliphatic carbocycles. The molecule has 0 spiro atoms. The van der Waals surface area contributed by atoms with Crippen LogP contribution in [0.5, 0.6) is 0 Å². The fraction of sp³-hybridized carbons (Fsp3) is 0.704. The molecule has 0 N–H and O–H groups in total. The fourth-order valence-electron chi connectivity index (χ4n) is 5.43. The molecule has 1 heteroatoms. The topological polar surface area (TPSA) is 0 Å². The SMILES string of the molecule is CCc1ccc([C@H]2CC[C@H](CC[C@H]3CC[C@H](C=CCCCF)CC3)CC2)cc1. The molecule has 2 aliphatic rings. The highest BCUT2D eigenvalue weighted by atomic mass is 19.1. The molecule has 0 unspecified atom stereocenters. The molecular weight excluding hydrogens is 343 g/mol. The third-order valence-corrected chi connectivity index (χ3v) is 7.49. The second-order valence-electron chi connectivity index (χ2n) is 9.43. The molecule has 1 aromatic rings. The van der Waals surface area contributed by atoms with Gasteiger partial charge in [0, 0.05) is 0 Å².